The van der Waals surface area contributed by atoms with Gasteiger partial charge in [0.1, 0.15) is 11.8 Å². The molecule has 1 aliphatic heterocycles. The first-order valence-electron chi connectivity index (χ1n) is 11.0. The Morgan fingerprint density at radius 1 is 1.21 bits per heavy atom. The smallest absolute Gasteiger partial charge is 0.412 e. The van der Waals surface area contributed by atoms with Gasteiger partial charge in [0.2, 0.25) is 5.71 Å². The first-order chi connectivity index (χ1) is 18.2. The third kappa shape index (κ3) is 6.18. The molecule has 1 aliphatic rings. The molecule has 2 amide bonds. The Kier molecular flexibility index (Phi) is 8.06. The fourth-order valence-corrected chi connectivity index (χ4v) is 4.22. The standard InChI is InChI=1S/C25H18Cl2N6O5/c26-19-9-16(31-32-21(11-28)24(35)38-25(29)36)10-20(27)22(19)37-17-3-4-18-15(8-17)5-7-33(23(18)34)13-14-2-1-6-30-12-14/h1-4,6,8-10,12,31H,5,7,13H2,(H2,29,36). The molecular weight excluding hydrogens is 535 g/mol. The maximum atomic E-state index is 13.0. The minimum Gasteiger partial charge on any atom is -0.454 e. The summed E-state index contributed by atoms with van der Waals surface area (Å²) in [7, 11) is 0. The number of anilines is 1. The molecule has 0 atom stereocenters. The van der Waals surface area contributed by atoms with Gasteiger partial charge in [-0.1, -0.05) is 29.3 Å². The van der Waals surface area contributed by atoms with E-state index in [0.717, 1.165) is 11.1 Å². The topological polar surface area (TPSA) is 160 Å². The van der Waals surface area contributed by atoms with Crippen molar-refractivity contribution in [2.24, 2.45) is 10.8 Å². The Bertz CT molecular complexity index is 1470. The molecule has 0 spiro atoms. The van der Waals surface area contributed by atoms with Crippen LogP contribution < -0.4 is 15.9 Å². The maximum absolute atomic E-state index is 13.0. The second-order valence-corrected chi connectivity index (χ2v) is 8.73. The van der Waals surface area contributed by atoms with Crippen molar-refractivity contribution in [2.45, 2.75) is 13.0 Å². The number of nitrogens with two attached hydrogens (primary N) is 1. The summed E-state index contributed by atoms with van der Waals surface area (Å²) in [6, 6.07) is 13.2. The lowest BCUT2D eigenvalue weighted by Crippen LogP contribution is -2.37. The Morgan fingerprint density at radius 3 is 2.63 bits per heavy atom. The first-order valence-corrected chi connectivity index (χ1v) is 11.7. The number of nitrogens with zero attached hydrogens (tertiary/aromatic N) is 4. The summed E-state index contributed by atoms with van der Waals surface area (Å²) in [5.41, 5.74) is 9.03. The average molecular weight is 553 g/mol. The van der Waals surface area contributed by atoms with Gasteiger partial charge in [0.25, 0.3) is 5.91 Å². The summed E-state index contributed by atoms with van der Waals surface area (Å²) in [4.78, 5) is 41.2. The van der Waals surface area contributed by atoms with Crippen molar-refractivity contribution in [3.8, 4) is 17.6 Å². The van der Waals surface area contributed by atoms with E-state index in [1.807, 2.05) is 12.1 Å². The first kappa shape index (κ1) is 26.4. The van der Waals surface area contributed by atoms with Gasteiger partial charge in [-0.2, -0.15) is 10.4 Å². The highest BCUT2D eigenvalue weighted by atomic mass is 35.5. The summed E-state index contributed by atoms with van der Waals surface area (Å²) in [6.45, 7) is 1.02. The molecule has 0 bridgehead atoms. The summed E-state index contributed by atoms with van der Waals surface area (Å²) < 4.78 is 10.0. The van der Waals surface area contributed by atoms with Crippen LogP contribution in [0.3, 0.4) is 0 Å². The molecule has 3 N–H and O–H groups in total. The minimum absolute atomic E-state index is 0.0786. The number of amides is 2. The highest BCUT2D eigenvalue weighted by Crippen LogP contribution is 2.39. The molecule has 38 heavy (non-hydrogen) atoms. The molecule has 192 valence electrons. The van der Waals surface area contributed by atoms with Crippen LogP contribution in [0.5, 0.6) is 11.5 Å². The Balaban J connectivity index is 1.47. The van der Waals surface area contributed by atoms with Crippen LogP contribution in [-0.4, -0.2) is 40.1 Å². The number of hydrogen-bond acceptors (Lipinski definition) is 9. The van der Waals surface area contributed by atoms with Crippen molar-refractivity contribution in [3.05, 3.63) is 81.6 Å². The molecule has 4 rings (SSSR count). The van der Waals surface area contributed by atoms with E-state index in [1.165, 1.54) is 18.2 Å². The van der Waals surface area contributed by atoms with Gasteiger partial charge in [0, 0.05) is 31.0 Å². The van der Waals surface area contributed by atoms with Crippen LogP contribution in [0.1, 0.15) is 21.5 Å². The molecule has 1 aromatic heterocycles. The second kappa shape index (κ2) is 11.6. The lowest BCUT2D eigenvalue weighted by Gasteiger charge is -2.29. The fourth-order valence-electron chi connectivity index (χ4n) is 3.66. The van der Waals surface area contributed by atoms with Gasteiger partial charge >= 0.3 is 12.1 Å². The highest BCUT2D eigenvalue weighted by molar-refractivity contribution is 6.44. The summed E-state index contributed by atoms with van der Waals surface area (Å²) >= 11 is 12.7. The minimum atomic E-state index is -1.38. The van der Waals surface area contributed by atoms with Crippen LogP contribution in [-0.2, 0) is 22.5 Å². The third-order valence-corrected chi connectivity index (χ3v) is 5.91. The SMILES string of the molecule is N#CC(=NNc1cc(Cl)c(Oc2ccc3c(c2)CCN(Cc2cccnc2)C3=O)c(Cl)c1)C(=O)OC(N)=O. The van der Waals surface area contributed by atoms with Crippen LogP contribution in [0.2, 0.25) is 10.0 Å². The number of benzene rings is 2. The number of pyridine rings is 1. The van der Waals surface area contributed by atoms with Crippen molar-refractivity contribution in [1.29, 1.82) is 5.26 Å². The van der Waals surface area contributed by atoms with Crippen molar-refractivity contribution in [3.63, 3.8) is 0 Å². The molecule has 3 aromatic rings. The normalized spacial score (nSPS) is 12.8. The number of rotatable bonds is 7. The van der Waals surface area contributed by atoms with Crippen LogP contribution in [0, 0.1) is 11.3 Å². The molecule has 0 saturated carbocycles. The van der Waals surface area contributed by atoms with Gasteiger partial charge in [-0.3, -0.25) is 15.2 Å². The number of aromatic nitrogens is 1. The number of primary amides is 1. The number of hydrogen-bond donors (Lipinski definition) is 2. The van der Waals surface area contributed by atoms with Gasteiger partial charge in [-0.15, -0.1) is 0 Å². The van der Waals surface area contributed by atoms with E-state index in [4.69, 9.17) is 38.9 Å². The number of fused-ring (bicyclic) bond motifs is 1. The Morgan fingerprint density at radius 2 is 1.97 bits per heavy atom. The van der Waals surface area contributed by atoms with E-state index in [-0.39, 0.29) is 27.4 Å². The van der Waals surface area contributed by atoms with Gasteiger partial charge < -0.3 is 20.1 Å². The summed E-state index contributed by atoms with van der Waals surface area (Å²) in [5, 5.41) is 12.8. The molecule has 0 fully saturated rings. The van der Waals surface area contributed by atoms with Crippen LogP contribution >= 0.6 is 23.2 Å². The largest absolute Gasteiger partial charge is 0.454 e. The predicted molar refractivity (Wildman–Crippen MR) is 138 cm³/mol. The summed E-state index contributed by atoms with van der Waals surface area (Å²) in [6.07, 6.45) is 2.69. The maximum Gasteiger partial charge on any atom is 0.412 e. The quantitative estimate of drug-likeness (QED) is 0.190. The zero-order valence-electron chi connectivity index (χ0n) is 19.5. The number of esters is 1. The van der Waals surface area contributed by atoms with Crippen LogP contribution in [0.15, 0.2) is 60.0 Å². The number of ether oxygens (including phenoxy) is 2. The number of hydrazone groups is 1. The van der Waals surface area contributed by atoms with Crippen molar-refractivity contribution in [1.82, 2.24) is 9.88 Å². The number of carbonyl (C=O) groups excluding carboxylic acids is 3. The highest BCUT2D eigenvalue weighted by Gasteiger charge is 2.25. The number of carbonyl (C=O) groups is 3. The van der Waals surface area contributed by atoms with Gasteiger partial charge in [0.05, 0.1) is 15.7 Å². The fraction of sp³-hybridized carbons (Fsp3) is 0.120. The lowest BCUT2D eigenvalue weighted by atomic mass is 9.98. The second-order valence-electron chi connectivity index (χ2n) is 7.92. The molecule has 2 heterocycles. The van der Waals surface area contributed by atoms with Gasteiger partial charge in [0.15, 0.2) is 5.75 Å². The van der Waals surface area contributed by atoms with E-state index in [2.05, 4.69) is 20.2 Å². The van der Waals surface area contributed by atoms with Crippen LogP contribution in [0.25, 0.3) is 0 Å². The Hall–Kier alpha value is -4.66. The van der Waals surface area contributed by atoms with Gasteiger partial charge in [-0.05, 0) is 53.9 Å². The monoisotopic (exact) mass is 552 g/mol. The number of halogens is 2. The average Bonchev–Trinajstić information content (AvgIpc) is 2.88. The number of nitrogens with one attached hydrogen (secondary N) is 1. The van der Waals surface area contributed by atoms with E-state index >= 15 is 0 Å². The van der Waals surface area contributed by atoms with Crippen molar-refractivity contribution < 1.29 is 23.9 Å². The molecule has 0 unspecified atom stereocenters. The van der Waals surface area contributed by atoms with Crippen molar-refractivity contribution >= 4 is 52.6 Å². The molecule has 13 heteroatoms. The molecule has 0 radical (unpaired) electrons. The molecule has 2 aromatic carbocycles. The van der Waals surface area contributed by atoms with E-state index < -0.39 is 17.8 Å². The third-order valence-electron chi connectivity index (χ3n) is 5.35. The van der Waals surface area contributed by atoms with Crippen LogP contribution in [0.4, 0.5) is 10.5 Å². The van der Waals surface area contributed by atoms with Crippen molar-refractivity contribution in [2.75, 3.05) is 12.0 Å². The van der Waals surface area contributed by atoms with Gasteiger partial charge in [-0.25, -0.2) is 9.59 Å². The Labute approximate surface area is 226 Å². The molecule has 0 saturated heterocycles. The molecular formula is C25H18Cl2N6O5. The van der Waals surface area contributed by atoms with E-state index in [0.29, 0.717) is 30.8 Å². The lowest BCUT2D eigenvalue weighted by molar-refractivity contribution is -0.129. The summed E-state index contributed by atoms with van der Waals surface area (Å²) in [5.74, 6) is -0.821. The van der Waals surface area contributed by atoms with E-state index in [9.17, 15) is 14.4 Å². The molecule has 11 nitrogen and oxygen atoms in total. The molecule has 0 aliphatic carbocycles. The zero-order valence-corrected chi connectivity index (χ0v) is 21.0. The zero-order chi connectivity index (χ0) is 27.2. The predicted octanol–water partition coefficient (Wildman–Crippen LogP) is 4.29. The number of nitriles is 1. The van der Waals surface area contributed by atoms with E-state index in [1.54, 1.807) is 35.5 Å².